The molecular weight excluding hydrogens is 676 g/mol. The summed E-state index contributed by atoms with van der Waals surface area (Å²) in [4.78, 5) is 25.6. The maximum atomic E-state index is 13.0. The molecule has 2 fully saturated rings. The number of phenols is 1. The summed E-state index contributed by atoms with van der Waals surface area (Å²) in [6.07, 6.45) is -15.6. The van der Waals surface area contributed by atoms with E-state index in [-0.39, 0.29) is 29.9 Å². The molecule has 0 radical (unpaired) electrons. The lowest BCUT2D eigenvalue weighted by molar-refractivity contribution is -0.327. The summed E-state index contributed by atoms with van der Waals surface area (Å²) in [6.45, 7) is -2.20. The van der Waals surface area contributed by atoms with Gasteiger partial charge >= 0.3 is 11.9 Å². The van der Waals surface area contributed by atoms with Crippen LogP contribution in [0.15, 0.2) is 41.7 Å². The third-order valence-electron chi connectivity index (χ3n) is 8.36. The molecule has 19 heteroatoms. The Labute approximate surface area is 284 Å². The van der Waals surface area contributed by atoms with Crippen LogP contribution in [-0.4, -0.2) is 164 Å². The second-order valence-electron chi connectivity index (χ2n) is 11.6. The highest BCUT2D eigenvalue weighted by atomic mass is 16.8. The molecule has 280 valence electrons. The minimum Gasteiger partial charge on any atom is -0.504 e. The molecule has 0 amide bonds. The minimum absolute atomic E-state index is 0.0317. The maximum Gasteiger partial charge on any atom is 0.337 e. The van der Waals surface area contributed by atoms with E-state index in [1.807, 2.05) is 0 Å². The molecule has 3 aliphatic rings. The van der Waals surface area contributed by atoms with E-state index in [2.05, 4.69) is 0 Å². The second kappa shape index (κ2) is 17.7. The number of carbonyl (C=O) groups is 2. The molecule has 3 aliphatic heterocycles. The predicted octanol–water partition coefficient (Wildman–Crippen LogP) is -4.19. The standard InChI is InChI=1S/C31H42O19/c1-44-28(43)16-12-46-29(50-31-27(42)25(40)23(38)20(11-34)49-31)14(4-6-32)15(16)9-21(36)45-7-5-13-2-3-18(17(35)8-13)47-30-26(41)24(39)22(37)19(10-33)48-30/h2-4,8,12,15,19-20,22-27,29-35,37-42H,5-7,9-11H2,1H3. The van der Waals surface area contributed by atoms with Crippen molar-refractivity contribution in [2.45, 2.75) is 80.5 Å². The number of carbonyl (C=O) groups excluding carboxylic acids is 2. The Hall–Kier alpha value is -3.44. The molecule has 1 aromatic carbocycles. The molecular formula is C31H42O19. The van der Waals surface area contributed by atoms with E-state index in [0.29, 0.717) is 5.56 Å². The Bertz CT molecular complexity index is 1360. The summed E-state index contributed by atoms with van der Waals surface area (Å²) in [6, 6.07) is 4.12. The average Bonchev–Trinajstić information content (AvgIpc) is 3.10. The lowest BCUT2D eigenvalue weighted by Crippen LogP contribution is -2.60. The number of hydrogen-bond donors (Lipinski definition) is 10. The molecule has 12 unspecified atom stereocenters. The fourth-order valence-corrected chi connectivity index (χ4v) is 5.55. The number of aliphatic hydroxyl groups is 9. The summed E-state index contributed by atoms with van der Waals surface area (Å²) < 4.78 is 37.4. The first-order valence-corrected chi connectivity index (χ1v) is 15.5. The SMILES string of the molecule is COC(=O)C1=COC(OC2OC(CO)C(O)C(O)C2O)C(=CCO)C1CC(=O)OCCc1ccc(OC2OC(CO)C(O)C(O)C2O)c(O)c1. The highest BCUT2D eigenvalue weighted by Gasteiger charge is 2.47. The third-order valence-corrected chi connectivity index (χ3v) is 8.36. The Morgan fingerprint density at radius 3 is 2.06 bits per heavy atom. The largest absolute Gasteiger partial charge is 0.504 e. The average molecular weight is 719 g/mol. The van der Waals surface area contributed by atoms with Crippen molar-refractivity contribution >= 4 is 11.9 Å². The topological polar surface area (TPSA) is 301 Å². The zero-order valence-corrected chi connectivity index (χ0v) is 26.7. The van der Waals surface area contributed by atoms with Gasteiger partial charge in [0.1, 0.15) is 48.8 Å². The van der Waals surface area contributed by atoms with Crippen molar-refractivity contribution in [3.63, 3.8) is 0 Å². The zero-order valence-electron chi connectivity index (χ0n) is 26.7. The highest BCUT2D eigenvalue weighted by molar-refractivity contribution is 5.90. The van der Waals surface area contributed by atoms with Crippen molar-refractivity contribution in [2.24, 2.45) is 5.92 Å². The maximum absolute atomic E-state index is 13.0. The van der Waals surface area contributed by atoms with Crippen LogP contribution in [0.3, 0.4) is 0 Å². The van der Waals surface area contributed by atoms with Crippen molar-refractivity contribution < 1.29 is 93.8 Å². The van der Waals surface area contributed by atoms with Crippen LogP contribution in [0.2, 0.25) is 0 Å². The van der Waals surface area contributed by atoms with Crippen LogP contribution in [0.1, 0.15) is 12.0 Å². The number of aromatic hydroxyl groups is 1. The first-order valence-electron chi connectivity index (χ1n) is 15.5. The molecule has 0 aliphatic carbocycles. The summed E-state index contributed by atoms with van der Waals surface area (Å²) in [5.74, 6) is -3.37. The Kier molecular flexibility index (Phi) is 13.9. The van der Waals surface area contributed by atoms with Crippen LogP contribution < -0.4 is 4.74 Å². The Balaban J connectivity index is 1.39. The van der Waals surface area contributed by atoms with E-state index in [0.717, 1.165) is 13.4 Å². The van der Waals surface area contributed by atoms with Gasteiger partial charge in [0.25, 0.3) is 0 Å². The molecule has 0 spiro atoms. The molecule has 10 N–H and O–H groups in total. The molecule has 2 saturated heterocycles. The van der Waals surface area contributed by atoms with Gasteiger partial charge in [0.15, 0.2) is 17.8 Å². The molecule has 0 aromatic heterocycles. The van der Waals surface area contributed by atoms with Crippen LogP contribution in [0.5, 0.6) is 11.5 Å². The van der Waals surface area contributed by atoms with Gasteiger partial charge in [-0.05, 0) is 17.7 Å². The van der Waals surface area contributed by atoms with E-state index < -0.39 is 118 Å². The highest BCUT2D eigenvalue weighted by Crippen LogP contribution is 2.36. The molecule has 0 bridgehead atoms. The smallest absolute Gasteiger partial charge is 0.337 e. The van der Waals surface area contributed by atoms with E-state index in [1.165, 1.54) is 24.3 Å². The van der Waals surface area contributed by atoms with E-state index in [4.69, 9.17) is 33.2 Å². The van der Waals surface area contributed by atoms with Crippen LogP contribution in [-0.2, 0) is 44.4 Å². The quantitative estimate of drug-likeness (QED) is 0.0683. The van der Waals surface area contributed by atoms with Gasteiger partial charge in [-0.3, -0.25) is 4.79 Å². The number of methoxy groups -OCH3 is 1. The van der Waals surface area contributed by atoms with E-state index in [9.17, 15) is 60.7 Å². The van der Waals surface area contributed by atoms with Gasteiger partial charge in [-0.25, -0.2) is 4.79 Å². The normalized spacial score (nSPS) is 35.2. The van der Waals surface area contributed by atoms with Crippen LogP contribution in [0.4, 0.5) is 0 Å². The fraction of sp³-hybridized carbons (Fsp3) is 0.613. The number of rotatable bonds is 13. The van der Waals surface area contributed by atoms with Gasteiger partial charge in [0, 0.05) is 17.9 Å². The Morgan fingerprint density at radius 1 is 0.860 bits per heavy atom. The summed E-state index contributed by atoms with van der Waals surface area (Å²) in [7, 11) is 1.10. The third kappa shape index (κ3) is 8.88. The first-order chi connectivity index (χ1) is 23.8. The molecule has 4 rings (SSSR count). The van der Waals surface area contributed by atoms with Crippen molar-refractivity contribution in [2.75, 3.05) is 33.5 Å². The van der Waals surface area contributed by atoms with Gasteiger partial charge in [0.05, 0.1) is 51.8 Å². The minimum atomic E-state index is -1.80. The summed E-state index contributed by atoms with van der Waals surface area (Å²) >= 11 is 0. The van der Waals surface area contributed by atoms with Gasteiger partial charge < -0.3 is 84.2 Å². The number of ether oxygens (including phenoxy) is 7. The lowest BCUT2D eigenvalue weighted by atomic mass is 9.86. The first kappa shape index (κ1) is 39.3. The van der Waals surface area contributed by atoms with Crippen LogP contribution >= 0.6 is 0 Å². The molecule has 19 nitrogen and oxygen atoms in total. The van der Waals surface area contributed by atoms with Crippen molar-refractivity contribution in [3.05, 3.63) is 47.2 Å². The second-order valence-corrected chi connectivity index (χ2v) is 11.6. The van der Waals surface area contributed by atoms with Crippen molar-refractivity contribution in [1.29, 1.82) is 0 Å². The van der Waals surface area contributed by atoms with E-state index in [1.54, 1.807) is 0 Å². The molecule has 3 heterocycles. The molecule has 1 aromatic rings. The van der Waals surface area contributed by atoms with Crippen LogP contribution in [0, 0.1) is 5.92 Å². The molecule has 0 saturated carbocycles. The fourth-order valence-electron chi connectivity index (χ4n) is 5.55. The summed E-state index contributed by atoms with van der Waals surface area (Å²) in [5, 5.41) is 99.7. The Morgan fingerprint density at radius 2 is 1.48 bits per heavy atom. The van der Waals surface area contributed by atoms with Crippen molar-refractivity contribution in [1.82, 2.24) is 0 Å². The number of aliphatic hydroxyl groups excluding tert-OH is 9. The van der Waals surface area contributed by atoms with Crippen LogP contribution in [0.25, 0.3) is 0 Å². The van der Waals surface area contributed by atoms with Gasteiger partial charge in [-0.2, -0.15) is 0 Å². The number of esters is 2. The lowest BCUT2D eigenvalue weighted by Gasteiger charge is -2.41. The van der Waals surface area contributed by atoms with Crippen molar-refractivity contribution in [3.8, 4) is 11.5 Å². The predicted molar refractivity (Wildman–Crippen MR) is 160 cm³/mol. The molecule has 50 heavy (non-hydrogen) atoms. The zero-order chi connectivity index (χ0) is 36.7. The van der Waals surface area contributed by atoms with E-state index >= 15 is 0 Å². The van der Waals surface area contributed by atoms with Gasteiger partial charge in [-0.15, -0.1) is 0 Å². The number of benzene rings is 1. The number of hydrogen-bond acceptors (Lipinski definition) is 19. The number of phenolic OH excluding ortho intramolecular Hbond substituents is 1. The molecule has 12 atom stereocenters. The van der Waals surface area contributed by atoms with Gasteiger partial charge in [-0.1, -0.05) is 12.1 Å². The monoisotopic (exact) mass is 718 g/mol. The van der Waals surface area contributed by atoms with Gasteiger partial charge in [0.2, 0.25) is 12.6 Å². The summed E-state index contributed by atoms with van der Waals surface area (Å²) in [5.41, 5.74) is 0.369.